The number of esters is 1. The first-order chi connectivity index (χ1) is 11.7. The van der Waals surface area contributed by atoms with Crippen LogP contribution in [0, 0.1) is 6.92 Å². The second-order valence-corrected chi connectivity index (χ2v) is 7.65. The van der Waals surface area contributed by atoms with Crippen molar-refractivity contribution in [3.05, 3.63) is 29.3 Å². The second kappa shape index (κ2) is 10.3. The van der Waals surface area contributed by atoms with E-state index in [1.165, 1.54) is 13.6 Å². The highest BCUT2D eigenvalue weighted by molar-refractivity contribution is 7.52. The first kappa shape index (κ1) is 21.4. The first-order valence-electron chi connectivity index (χ1n) is 8.17. The van der Waals surface area contributed by atoms with Crippen molar-refractivity contribution in [2.24, 2.45) is 0 Å². The van der Waals surface area contributed by atoms with E-state index < -0.39 is 13.6 Å². The molecule has 1 aromatic carbocycles. The molecular formula is C17H26NO6P. The van der Waals surface area contributed by atoms with Crippen molar-refractivity contribution in [2.45, 2.75) is 33.6 Å². The van der Waals surface area contributed by atoms with E-state index in [1.54, 1.807) is 25.1 Å². The van der Waals surface area contributed by atoms with Gasteiger partial charge in [0.2, 0.25) is 5.91 Å². The number of hydrogen-bond acceptors (Lipinski definition) is 6. The number of nitrogens with one attached hydrogen (secondary N) is 1. The molecule has 0 saturated heterocycles. The van der Waals surface area contributed by atoms with Crippen molar-refractivity contribution in [2.75, 3.05) is 31.8 Å². The van der Waals surface area contributed by atoms with E-state index in [0.29, 0.717) is 30.7 Å². The zero-order chi connectivity index (χ0) is 18.9. The van der Waals surface area contributed by atoms with Crippen LogP contribution in [0.3, 0.4) is 0 Å². The van der Waals surface area contributed by atoms with Gasteiger partial charge in [0.15, 0.2) is 0 Å². The molecule has 0 saturated carbocycles. The van der Waals surface area contributed by atoms with Gasteiger partial charge in [0.25, 0.3) is 0 Å². The van der Waals surface area contributed by atoms with Gasteiger partial charge in [-0.2, -0.15) is 0 Å². The maximum absolute atomic E-state index is 12.2. The molecule has 0 spiro atoms. The lowest BCUT2D eigenvalue weighted by Gasteiger charge is -2.13. The molecule has 0 aromatic heterocycles. The van der Waals surface area contributed by atoms with E-state index in [9.17, 15) is 14.2 Å². The summed E-state index contributed by atoms with van der Waals surface area (Å²) in [6.45, 7) is 7.24. The summed E-state index contributed by atoms with van der Waals surface area (Å²) in [6.07, 6.45) is 1.16. The summed E-state index contributed by atoms with van der Waals surface area (Å²) in [5.74, 6) is -0.754. The molecule has 0 fully saturated rings. The Kier molecular flexibility index (Phi) is 8.83. The quantitative estimate of drug-likeness (QED) is 0.382. The molecule has 0 heterocycles. The fraction of sp³-hybridized carbons (Fsp3) is 0.529. The van der Waals surface area contributed by atoms with Crippen molar-refractivity contribution in [3.8, 4) is 0 Å². The molecule has 1 aromatic rings. The normalized spacial score (nSPS) is 13.1. The molecule has 0 aliphatic heterocycles. The van der Waals surface area contributed by atoms with Crippen LogP contribution in [0.2, 0.25) is 0 Å². The Morgan fingerprint density at radius 2 is 1.84 bits per heavy atom. The summed E-state index contributed by atoms with van der Waals surface area (Å²) in [5, 5.41) is 2.63. The van der Waals surface area contributed by atoms with Crippen LogP contribution in [0.1, 0.15) is 42.6 Å². The molecule has 0 radical (unpaired) electrons. The summed E-state index contributed by atoms with van der Waals surface area (Å²) < 4.78 is 27.1. The predicted octanol–water partition coefficient (Wildman–Crippen LogP) is 3.77. The van der Waals surface area contributed by atoms with Crippen LogP contribution in [0.15, 0.2) is 18.2 Å². The largest absolute Gasteiger partial charge is 0.462 e. The van der Waals surface area contributed by atoms with Gasteiger partial charge in [-0.3, -0.25) is 9.36 Å². The summed E-state index contributed by atoms with van der Waals surface area (Å²) in [4.78, 5) is 23.4. The molecule has 1 amide bonds. The van der Waals surface area contributed by atoms with Crippen LogP contribution < -0.4 is 5.32 Å². The van der Waals surface area contributed by atoms with Crippen LogP contribution in [0.5, 0.6) is 0 Å². The van der Waals surface area contributed by atoms with Gasteiger partial charge in [-0.25, -0.2) is 4.79 Å². The molecule has 1 atom stereocenters. The van der Waals surface area contributed by atoms with Crippen molar-refractivity contribution >= 4 is 25.2 Å². The maximum Gasteiger partial charge on any atom is 0.340 e. The zero-order valence-electron chi connectivity index (χ0n) is 15.2. The zero-order valence-corrected chi connectivity index (χ0v) is 16.1. The third-order valence-electron chi connectivity index (χ3n) is 3.17. The van der Waals surface area contributed by atoms with Crippen molar-refractivity contribution in [1.82, 2.24) is 0 Å². The van der Waals surface area contributed by atoms with Crippen LogP contribution in [-0.2, 0) is 23.1 Å². The Morgan fingerprint density at radius 1 is 1.16 bits per heavy atom. The lowest BCUT2D eigenvalue weighted by Crippen LogP contribution is -2.13. The fourth-order valence-electron chi connectivity index (χ4n) is 2.08. The highest BCUT2D eigenvalue weighted by Gasteiger charge is 2.16. The van der Waals surface area contributed by atoms with E-state index in [2.05, 4.69) is 5.32 Å². The third kappa shape index (κ3) is 8.29. The lowest BCUT2D eigenvalue weighted by atomic mass is 10.1. The number of unbranched alkanes of at least 4 members (excludes halogenated alkanes) is 1. The second-order valence-electron chi connectivity index (χ2n) is 5.60. The smallest absolute Gasteiger partial charge is 0.340 e. The van der Waals surface area contributed by atoms with Gasteiger partial charge in [0.05, 0.1) is 31.1 Å². The predicted molar refractivity (Wildman–Crippen MR) is 96.1 cm³/mol. The first-order valence-corrected chi connectivity index (χ1v) is 10.2. The molecular weight excluding hydrogens is 345 g/mol. The lowest BCUT2D eigenvalue weighted by molar-refractivity contribution is -0.114. The molecule has 1 N–H and O–H groups in total. The monoisotopic (exact) mass is 371 g/mol. The van der Waals surface area contributed by atoms with Gasteiger partial charge in [-0.15, -0.1) is 0 Å². The number of carbonyl (C=O) groups excluding carboxylic acids is 2. The number of benzene rings is 1. The number of aryl methyl sites for hydroxylation is 1. The average Bonchev–Trinajstić information content (AvgIpc) is 2.50. The maximum atomic E-state index is 12.2. The van der Waals surface area contributed by atoms with Crippen molar-refractivity contribution in [1.29, 1.82) is 0 Å². The van der Waals surface area contributed by atoms with Gasteiger partial charge >= 0.3 is 13.6 Å². The van der Waals surface area contributed by atoms with Crippen LogP contribution in [0.25, 0.3) is 0 Å². The standard InChI is InChI=1S/C17H26NO6P/c1-5-23-25(4,21)24-11-7-6-10-22-17(20)15-9-8-13(2)12-16(15)18-14(3)19/h8-9,12H,5-7,10-11H2,1-4H3,(H,18,19). The number of amides is 1. The molecule has 1 rings (SSSR count). The minimum Gasteiger partial charge on any atom is -0.462 e. The third-order valence-corrected chi connectivity index (χ3v) is 4.55. The molecule has 140 valence electrons. The van der Waals surface area contributed by atoms with E-state index in [1.807, 2.05) is 6.92 Å². The Bertz CT molecular complexity index is 646. The molecule has 1 unspecified atom stereocenters. The summed E-state index contributed by atoms with van der Waals surface area (Å²) in [6, 6.07) is 5.13. The van der Waals surface area contributed by atoms with E-state index in [-0.39, 0.29) is 19.1 Å². The highest BCUT2D eigenvalue weighted by atomic mass is 31.2. The van der Waals surface area contributed by atoms with E-state index in [4.69, 9.17) is 13.8 Å². The fourth-order valence-corrected chi connectivity index (χ4v) is 3.08. The van der Waals surface area contributed by atoms with Crippen molar-refractivity contribution in [3.63, 3.8) is 0 Å². The Morgan fingerprint density at radius 3 is 2.48 bits per heavy atom. The van der Waals surface area contributed by atoms with E-state index >= 15 is 0 Å². The summed E-state index contributed by atoms with van der Waals surface area (Å²) in [7, 11) is -2.98. The molecule has 0 aliphatic rings. The number of ether oxygens (including phenoxy) is 1. The van der Waals surface area contributed by atoms with Crippen LogP contribution in [-0.4, -0.2) is 38.4 Å². The number of hydrogen-bond donors (Lipinski definition) is 1. The minimum atomic E-state index is -2.98. The molecule has 8 heteroatoms. The molecule has 0 bridgehead atoms. The highest BCUT2D eigenvalue weighted by Crippen LogP contribution is 2.43. The van der Waals surface area contributed by atoms with Crippen LogP contribution >= 0.6 is 7.60 Å². The van der Waals surface area contributed by atoms with Crippen LogP contribution in [0.4, 0.5) is 5.69 Å². The Labute approximate surface area is 148 Å². The van der Waals surface area contributed by atoms with Gasteiger partial charge in [-0.1, -0.05) is 6.07 Å². The van der Waals surface area contributed by atoms with Gasteiger partial charge < -0.3 is 19.1 Å². The van der Waals surface area contributed by atoms with Crippen molar-refractivity contribution < 1.29 is 27.9 Å². The molecule has 0 aliphatic carbocycles. The Hall–Kier alpha value is -1.69. The van der Waals surface area contributed by atoms with Gasteiger partial charge in [0.1, 0.15) is 0 Å². The number of anilines is 1. The summed E-state index contributed by atoms with van der Waals surface area (Å²) >= 11 is 0. The molecule has 25 heavy (non-hydrogen) atoms. The van der Waals surface area contributed by atoms with Gasteiger partial charge in [-0.05, 0) is 44.4 Å². The van der Waals surface area contributed by atoms with Gasteiger partial charge in [0, 0.05) is 13.6 Å². The number of carbonyl (C=O) groups is 2. The molecule has 7 nitrogen and oxygen atoms in total. The summed E-state index contributed by atoms with van der Waals surface area (Å²) in [5.41, 5.74) is 1.67. The minimum absolute atomic E-state index is 0.207. The topological polar surface area (TPSA) is 90.9 Å². The number of rotatable bonds is 10. The Balaban J connectivity index is 2.42. The SMILES string of the molecule is CCOP(C)(=O)OCCCCOC(=O)c1ccc(C)cc1NC(C)=O. The average molecular weight is 371 g/mol. The van der Waals surface area contributed by atoms with E-state index in [0.717, 1.165) is 5.56 Å².